The highest BCUT2D eigenvalue weighted by Crippen LogP contribution is 2.34. The van der Waals surface area contributed by atoms with Crippen molar-refractivity contribution in [3.8, 4) is 17.7 Å². The zero-order valence-corrected chi connectivity index (χ0v) is 14.1. The monoisotopic (exact) mass is 335 g/mol. The lowest BCUT2D eigenvalue weighted by Crippen LogP contribution is -2.32. The van der Waals surface area contributed by atoms with Gasteiger partial charge in [-0.25, -0.2) is 4.98 Å². The van der Waals surface area contributed by atoms with E-state index >= 15 is 0 Å². The summed E-state index contributed by atoms with van der Waals surface area (Å²) in [5.74, 6) is 1.50. The van der Waals surface area contributed by atoms with Gasteiger partial charge in [0.1, 0.15) is 6.61 Å². The SMILES string of the molecule is N#CC1CCN(Cc2ccc([C@H]3COc4cccnc4O3)cc2)CC1. The number of hydrogen-bond acceptors (Lipinski definition) is 5. The Kier molecular flexibility index (Phi) is 4.53. The molecule has 2 aromatic rings. The molecule has 1 saturated heterocycles. The quantitative estimate of drug-likeness (QED) is 0.861. The maximum atomic E-state index is 8.99. The number of likely N-dealkylation sites (tertiary alicyclic amines) is 1. The lowest BCUT2D eigenvalue weighted by atomic mass is 9.98. The van der Waals surface area contributed by atoms with E-state index in [0.717, 1.165) is 38.0 Å². The van der Waals surface area contributed by atoms with Crippen molar-refractivity contribution in [1.29, 1.82) is 5.26 Å². The highest BCUT2D eigenvalue weighted by molar-refractivity contribution is 5.35. The highest BCUT2D eigenvalue weighted by atomic mass is 16.6. The molecule has 0 radical (unpaired) electrons. The van der Waals surface area contributed by atoms with Crippen molar-refractivity contribution in [2.24, 2.45) is 5.92 Å². The molecular weight excluding hydrogens is 314 g/mol. The summed E-state index contributed by atoms with van der Waals surface area (Å²) in [5, 5.41) is 8.99. The molecule has 25 heavy (non-hydrogen) atoms. The van der Waals surface area contributed by atoms with Crippen LogP contribution >= 0.6 is 0 Å². The molecule has 4 rings (SSSR count). The van der Waals surface area contributed by atoms with Gasteiger partial charge in [0.15, 0.2) is 11.9 Å². The molecule has 2 aliphatic rings. The summed E-state index contributed by atoms with van der Waals surface area (Å²) in [4.78, 5) is 6.65. The van der Waals surface area contributed by atoms with Gasteiger partial charge in [-0.05, 0) is 49.2 Å². The number of benzene rings is 1. The van der Waals surface area contributed by atoms with Crippen molar-refractivity contribution in [3.63, 3.8) is 0 Å². The summed E-state index contributed by atoms with van der Waals surface area (Å²) in [6.07, 6.45) is 3.55. The van der Waals surface area contributed by atoms with Gasteiger partial charge >= 0.3 is 0 Å². The first-order valence-electron chi connectivity index (χ1n) is 8.77. The van der Waals surface area contributed by atoms with Crippen LogP contribution in [0.5, 0.6) is 11.6 Å². The molecule has 1 fully saturated rings. The maximum absolute atomic E-state index is 8.99. The number of nitriles is 1. The van der Waals surface area contributed by atoms with E-state index < -0.39 is 0 Å². The van der Waals surface area contributed by atoms with Crippen LogP contribution in [-0.4, -0.2) is 29.6 Å². The van der Waals surface area contributed by atoms with Crippen LogP contribution < -0.4 is 9.47 Å². The molecule has 0 N–H and O–H groups in total. The average Bonchev–Trinajstić information content (AvgIpc) is 2.69. The van der Waals surface area contributed by atoms with E-state index in [9.17, 15) is 0 Å². The van der Waals surface area contributed by atoms with Crippen LogP contribution in [0.4, 0.5) is 0 Å². The van der Waals surface area contributed by atoms with Gasteiger partial charge in [-0.1, -0.05) is 24.3 Å². The minimum absolute atomic E-state index is 0.122. The minimum atomic E-state index is -0.122. The summed E-state index contributed by atoms with van der Waals surface area (Å²) < 4.78 is 11.7. The second-order valence-corrected chi connectivity index (χ2v) is 6.65. The first-order valence-corrected chi connectivity index (χ1v) is 8.77. The largest absolute Gasteiger partial charge is 0.484 e. The van der Waals surface area contributed by atoms with E-state index in [2.05, 4.69) is 40.2 Å². The van der Waals surface area contributed by atoms with Gasteiger partial charge in [0.25, 0.3) is 5.88 Å². The Morgan fingerprint density at radius 1 is 1.16 bits per heavy atom. The van der Waals surface area contributed by atoms with Crippen LogP contribution in [0.2, 0.25) is 0 Å². The van der Waals surface area contributed by atoms with Gasteiger partial charge in [0, 0.05) is 18.7 Å². The first kappa shape index (κ1) is 15.9. The van der Waals surface area contributed by atoms with Crippen molar-refractivity contribution < 1.29 is 9.47 Å². The first-order chi connectivity index (χ1) is 12.3. The smallest absolute Gasteiger partial charge is 0.257 e. The van der Waals surface area contributed by atoms with Crippen LogP contribution in [0.1, 0.15) is 30.1 Å². The van der Waals surface area contributed by atoms with Crippen molar-refractivity contribution in [2.75, 3.05) is 19.7 Å². The molecule has 3 heterocycles. The Morgan fingerprint density at radius 2 is 1.96 bits per heavy atom. The summed E-state index contributed by atoms with van der Waals surface area (Å²) in [5.41, 5.74) is 2.39. The molecule has 1 aromatic heterocycles. The number of nitrogens with zero attached hydrogens (tertiary/aromatic N) is 3. The number of piperidine rings is 1. The van der Waals surface area contributed by atoms with E-state index in [-0.39, 0.29) is 12.0 Å². The lowest BCUT2D eigenvalue weighted by Gasteiger charge is -2.29. The van der Waals surface area contributed by atoms with Crippen LogP contribution in [0.15, 0.2) is 42.6 Å². The molecule has 1 atom stereocenters. The molecule has 0 aliphatic carbocycles. The molecule has 5 nitrogen and oxygen atoms in total. The molecular formula is C20H21N3O2. The molecule has 5 heteroatoms. The minimum Gasteiger partial charge on any atom is -0.484 e. The second kappa shape index (κ2) is 7.12. The normalized spacial score (nSPS) is 20.8. The third kappa shape index (κ3) is 3.59. The van der Waals surface area contributed by atoms with Gasteiger partial charge < -0.3 is 9.47 Å². The predicted octanol–water partition coefficient (Wildman–Crippen LogP) is 3.33. The standard InChI is InChI=1S/C20H21N3O2/c21-12-15-7-10-23(11-8-15)13-16-3-5-17(6-4-16)19-14-24-18-2-1-9-22-20(18)25-19/h1-6,9,15,19H,7-8,10-11,13-14H2/t19-/m1/s1. The third-order valence-electron chi connectivity index (χ3n) is 4.91. The number of ether oxygens (including phenoxy) is 2. The van der Waals surface area contributed by atoms with Crippen LogP contribution in [0, 0.1) is 17.2 Å². The fraction of sp³-hybridized carbons (Fsp3) is 0.400. The van der Waals surface area contributed by atoms with E-state index in [0.29, 0.717) is 18.2 Å². The fourth-order valence-electron chi connectivity index (χ4n) is 3.39. The average molecular weight is 335 g/mol. The molecule has 1 aromatic carbocycles. The Morgan fingerprint density at radius 3 is 2.72 bits per heavy atom. The van der Waals surface area contributed by atoms with Crippen molar-refractivity contribution in [1.82, 2.24) is 9.88 Å². The van der Waals surface area contributed by atoms with E-state index in [1.165, 1.54) is 5.56 Å². The Hall–Kier alpha value is -2.58. The van der Waals surface area contributed by atoms with E-state index in [4.69, 9.17) is 14.7 Å². The summed E-state index contributed by atoms with van der Waals surface area (Å²) in [6, 6.07) is 14.6. The zero-order valence-electron chi connectivity index (χ0n) is 14.1. The summed E-state index contributed by atoms with van der Waals surface area (Å²) >= 11 is 0. The summed E-state index contributed by atoms with van der Waals surface area (Å²) in [6.45, 7) is 3.44. The van der Waals surface area contributed by atoms with Gasteiger partial charge in [-0.3, -0.25) is 4.90 Å². The van der Waals surface area contributed by atoms with Crippen LogP contribution in [0.3, 0.4) is 0 Å². The molecule has 0 bridgehead atoms. The summed E-state index contributed by atoms with van der Waals surface area (Å²) in [7, 11) is 0. The molecule has 2 aliphatic heterocycles. The number of fused-ring (bicyclic) bond motifs is 1. The van der Waals surface area contributed by atoms with Gasteiger partial charge in [0.2, 0.25) is 0 Å². The van der Waals surface area contributed by atoms with Gasteiger partial charge in [-0.15, -0.1) is 0 Å². The molecule has 0 amide bonds. The Labute approximate surface area is 147 Å². The number of aromatic nitrogens is 1. The molecule has 0 saturated carbocycles. The number of pyridine rings is 1. The third-order valence-corrected chi connectivity index (χ3v) is 4.91. The topological polar surface area (TPSA) is 58.4 Å². The lowest BCUT2D eigenvalue weighted by molar-refractivity contribution is 0.0850. The second-order valence-electron chi connectivity index (χ2n) is 6.65. The van der Waals surface area contributed by atoms with Crippen molar-refractivity contribution in [2.45, 2.75) is 25.5 Å². The van der Waals surface area contributed by atoms with E-state index in [1.807, 2.05) is 12.1 Å². The van der Waals surface area contributed by atoms with Crippen LogP contribution in [-0.2, 0) is 6.54 Å². The molecule has 0 spiro atoms. The fourth-order valence-corrected chi connectivity index (χ4v) is 3.39. The predicted molar refractivity (Wildman–Crippen MR) is 93.2 cm³/mol. The zero-order chi connectivity index (χ0) is 17.1. The van der Waals surface area contributed by atoms with Crippen molar-refractivity contribution >= 4 is 0 Å². The van der Waals surface area contributed by atoms with Crippen LogP contribution in [0.25, 0.3) is 0 Å². The van der Waals surface area contributed by atoms with Gasteiger partial charge in [-0.2, -0.15) is 5.26 Å². The Balaban J connectivity index is 1.37. The highest BCUT2D eigenvalue weighted by Gasteiger charge is 2.23. The van der Waals surface area contributed by atoms with Crippen molar-refractivity contribution in [3.05, 3.63) is 53.7 Å². The van der Waals surface area contributed by atoms with E-state index in [1.54, 1.807) is 6.20 Å². The molecule has 128 valence electrons. The maximum Gasteiger partial charge on any atom is 0.257 e. The molecule has 0 unspecified atom stereocenters. The van der Waals surface area contributed by atoms with Gasteiger partial charge in [0.05, 0.1) is 6.07 Å². The Bertz CT molecular complexity index is 761. The number of hydrogen-bond donors (Lipinski definition) is 0. The number of rotatable bonds is 3.